The number of aromatic carboxylic acids is 1. The maximum absolute atomic E-state index is 11.3. The molecule has 0 radical (unpaired) electrons. The number of hydrogen-bond donors (Lipinski definition) is 1. The van der Waals surface area contributed by atoms with Gasteiger partial charge in [0.1, 0.15) is 0 Å². The fraction of sp³-hybridized carbons (Fsp3) is 0. The Morgan fingerprint density at radius 2 is 1.55 bits per heavy atom. The molecular formula is C25H17N3O2S. The standard InChI is InChI=1S/C25H17N3O2S/c29-25(30)20-10-5-8-18(16-20)17-7-4-9-19(15-17)23-26-24(22-13-6-14-31-22)28(27-23)21-11-2-1-3-12-21/h1-16H,(H,29,30). The van der Waals surface area contributed by atoms with Gasteiger partial charge in [0.2, 0.25) is 0 Å². The monoisotopic (exact) mass is 423 g/mol. The van der Waals surface area contributed by atoms with Crippen LogP contribution in [0.2, 0.25) is 0 Å². The van der Waals surface area contributed by atoms with Crippen LogP contribution < -0.4 is 0 Å². The van der Waals surface area contributed by atoms with E-state index in [4.69, 9.17) is 10.1 Å². The van der Waals surface area contributed by atoms with E-state index in [-0.39, 0.29) is 5.56 Å². The van der Waals surface area contributed by atoms with E-state index in [0.717, 1.165) is 33.1 Å². The van der Waals surface area contributed by atoms with Crippen LogP contribution in [0.4, 0.5) is 0 Å². The maximum Gasteiger partial charge on any atom is 0.335 e. The minimum atomic E-state index is -0.943. The number of carbonyl (C=O) groups is 1. The van der Waals surface area contributed by atoms with E-state index < -0.39 is 5.97 Å². The molecular weight excluding hydrogens is 406 g/mol. The highest BCUT2D eigenvalue weighted by atomic mass is 32.1. The van der Waals surface area contributed by atoms with Crippen LogP contribution in [0.3, 0.4) is 0 Å². The fourth-order valence-electron chi connectivity index (χ4n) is 3.42. The molecule has 6 heteroatoms. The molecule has 5 rings (SSSR count). The van der Waals surface area contributed by atoms with Gasteiger partial charge in [-0.25, -0.2) is 14.5 Å². The molecule has 1 N–H and O–H groups in total. The van der Waals surface area contributed by atoms with Crippen LogP contribution in [-0.4, -0.2) is 25.8 Å². The minimum absolute atomic E-state index is 0.259. The Bertz CT molecular complexity index is 1360. The average molecular weight is 423 g/mol. The molecule has 150 valence electrons. The van der Waals surface area contributed by atoms with Gasteiger partial charge < -0.3 is 5.11 Å². The average Bonchev–Trinajstić information content (AvgIpc) is 3.50. The van der Waals surface area contributed by atoms with Crippen LogP contribution in [0.1, 0.15) is 10.4 Å². The van der Waals surface area contributed by atoms with Crippen molar-refractivity contribution in [1.29, 1.82) is 0 Å². The Labute approximate surface area is 182 Å². The van der Waals surface area contributed by atoms with Gasteiger partial charge >= 0.3 is 5.97 Å². The number of hydrogen-bond acceptors (Lipinski definition) is 4. The van der Waals surface area contributed by atoms with E-state index in [1.165, 1.54) is 0 Å². The van der Waals surface area contributed by atoms with Crippen molar-refractivity contribution in [3.05, 3.63) is 102 Å². The number of carboxylic acid groups (broad SMARTS) is 1. The van der Waals surface area contributed by atoms with Crippen LogP contribution in [0.25, 0.3) is 38.9 Å². The zero-order valence-electron chi connectivity index (χ0n) is 16.3. The van der Waals surface area contributed by atoms with Gasteiger partial charge in [0.25, 0.3) is 0 Å². The molecule has 0 spiro atoms. The Morgan fingerprint density at radius 3 is 2.29 bits per heavy atom. The van der Waals surface area contributed by atoms with E-state index in [0.29, 0.717) is 5.82 Å². The molecule has 0 amide bonds. The topological polar surface area (TPSA) is 68.0 Å². The molecule has 2 aromatic heterocycles. The first-order valence-corrected chi connectivity index (χ1v) is 10.6. The summed E-state index contributed by atoms with van der Waals surface area (Å²) in [7, 11) is 0. The lowest BCUT2D eigenvalue weighted by Gasteiger charge is -2.05. The number of thiophene rings is 1. The van der Waals surface area contributed by atoms with E-state index in [9.17, 15) is 9.90 Å². The maximum atomic E-state index is 11.3. The van der Waals surface area contributed by atoms with Gasteiger partial charge in [-0.15, -0.1) is 16.4 Å². The van der Waals surface area contributed by atoms with Crippen LogP contribution in [0, 0.1) is 0 Å². The second-order valence-electron chi connectivity index (χ2n) is 6.95. The van der Waals surface area contributed by atoms with Gasteiger partial charge in [-0.1, -0.05) is 54.6 Å². The van der Waals surface area contributed by atoms with Gasteiger partial charge in [0.05, 0.1) is 16.1 Å². The smallest absolute Gasteiger partial charge is 0.335 e. The minimum Gasteiger partial charge on any atom is -0.478 e. The summed E-state index contributed by atoms with van der Waals surface area (Å²) in [5.41, 5.74) is 3.81. The van der Waals surface area contributed by atoms with Gasteiger partial charge in [-0.05, 0) is 52.9 Å². The quantitative estimate of drug-likeness (QED) is 0.375. The molecule has 5 aromatic rings. The van der Waals surface area contributed by atoms with Gasteiger partial charge in [0, 0.05) is 5.56 Å². The summed E-state index contributed by atoms with van der Waals surface area (Å²) in [5, 5.41) is 16.1. The molecule has 0 atom stereocenters. The molecule has 0 bridgehead atoms. The summed E-state index contributed by atoms with van der Waals surface area (Å²) in [6, 6.07) is 28.7. The highest BCUT2D eigenvalue weighted by molar-refractivity contribution is 7.13. The summed E-state index contributed by atoms with van der Waals surface area (Å²) < 4.78 is 1.86. The van der Waals surface area contributed by atoms with Crippen LogP contribution in [-0.2, 0) is 0 Å². The van der Waals surface area contributed by atoms with E-state index in [1.807, 2.05) is 82.9 Å². The lowest BCUT2D eigenvalue weighted by Crippen LogP contribution is -1.98. The zero-order chi connectivity index (χ0) is 21.2. The highest BCUT2D eigenvalue weighted by Crippen LogP contribution is 2.30. The predicted molar refractivity (Wildman–Crippen MR) is 123 cm³/mol. The normalized spacial score (nSPS) is 10.8. The van der Waals surface area contributed by atoms with Crippen LogP contribution in [0.5, 0.6) is 0 Å². The molecule has 0 aliphatic heterocycles. The first-order valence-electron chi connectivity index (χ1n) is 9.69. The Kier molecular flexibility index (Phi) is 4.90. The largest absolute Gasteiger partial charge is 0.478 e. The molecule has 0 aliphatic carbocycles. The molecule has 31 heavy (non-hydrogen) atoms. The Morgan fingerprint density at radius 1 is 0.806 bits per heavy atom. The zero-order valence-corrected chi connectivity index (χ0v) is 17.2. The number of aromatic nitrogens is 3. The van der Waals surface area contributed by atoms with Crippen molar-refractivity contribution >= 4 is 17.3 Å². The third-order valence-electron chi connectivity index (χ3n) is 4.91. The summed E-state index contributed by atoms with van der Waals surface area (Å²) in [4.78, 5) is 17.2. The summed E-state index contributed by atoms with van der Waals surface area (Å²) in [5.74, 6) is 0.458. The van der Waals surface area contributed by atoms with Crippen molar-refractivity contribution in [3.8, 4) is 38.9 Å². The number of nitrogens with zero attached hydrogens (tertiary/aromatic N) is 3. The Hall–Kier alpha value is -4.03. The number of para-hydroxylation sites is 1. The SMILES string of the molecule is O=C(O)c1cccc(-c2cccc(-c3nc(-c4cccs4)n(-c4ccccc4)n3)c2)c1. The third-order valence-corrected chi connectivity index (χ3v) is 5.78. The lowest BCUT2D eigenvalue weighted by atomic mass is 10.0. The first-order chi connectivity index (χ1) is 15.2. The molecule has 5 nitrogen and oxygen atoms in total. The fourth-order valence-corrected chi connectivity index (χ4v) is 4.12. The highest BCUT2D eigenvalue weighted by Gasteiger charge is 2.16. The molecule has 0 aliphatic rings. The number of rotatable bonds is 5. The second-order valence-corrected chi connectivity index (χ2v) is 7.90. The van der Waals surface area contributed by atoms with Crippen molar-refractivity contribution in [2.75, 3.05) is 0 Å². The van der Waals surface area contributed by atoms with Crippen molar-refractivity contribution < 1.29 is 9.90 Å². The molecule has 3 aromatic carbocycles. The summed E-state index contributed by atoms with van der Waals surface area (Å²) in [6.45, 7) is 0. The predicted octanol–water partition coefficient (Wildman–Crippen LogP) is 6.03. The van der Waals surface area contributed by atoms with Crippen LogP contribution >= 0.6 is 11.3 Å². The molecule has 0 fully saturated rings. The lowest BCUT2D eigenvalue weighted by molar-refractivity contribution is 0.0697. The number of carboxylic acids is 1. The summed E-state index contributed by atoms with van der Waals surface area (Å²) in [6.07, 6.45) is 0. The second kappa shape index (κ2) is 8.01. The molecule has 0 saturated carbocycles. The van der Waals surface area contributed by atoms with Gasteiger partial charge in [-0.2, -0.15) is 0 Å². The van der Waals surface area contributed by atoms with Gasteiger partial charge in [0.15, 0.2) is 11.6 Å². The molecule has 0 unspecified atom stereocenters. The van der Waals surface area contributed by atoms with E-state index >= 15 is 0 Å². The van der Waals surface area contributed by atoms with Crippen molar-refractivity contribution in [1.82, 2.24) is 14.8 Å². The van der Waals surface area contributed by atoms with Gasteiger partial charge in [-0.3, -0.25) is 0 Å². The van der Waals surface area contributed by atoms with E-state index in [1.54, 1.807) is 29.5 Å². The van der Waals surface area contributed by atoms with Crippen LogP contribution in [0.15, 0.2) is 96.4 Å². The summed E-state index contributed by atoms with van der Waals surface area (Å²) >= 11 is 1.62. The molecule has 2 heterocycles. The molecule has 0 saturated heterocycles. The van der Waals surface area contributed by atoms with Crippen molar-refractivity contribution in [2.24, 2.45) is 0 Å². The number of benzene rings is 3. The van der Waals surface area contributed by atoms with E-state index in [2.05, 4.69) is 0 Å². The first kappa shape index (κ1) is 19.0. The van der Waals surface area contributed by atoms with Crippen molar-refractivity contribution in [3.63, 3.8) is 0 Å². The van der Waals surface area contributed by atoms with Crippen molar-refractivity contribution in [2.45, 2.75) is 0 Å². The third kappa shape index (κ3) is 3.76. The Balaban J connectivity index is 1.61.